The third-order valence-electron chi connectivity index (χ3n) is 2.41. The van der Waals surface area contributed by atoms with Gasteiger partial charge < -0.3 is 14.6 Å². The molecule has 17 heavy (non-hydrogen) atoms. The summed E-state index contributed by atoms with van der Waals surface area (Å²) in [6, 6.07) is 0. The molecule has 2 unspecified atom stereocenters. The van der Waals surface area contributed by atoms with E-state index in [-0.39, 0.29) is 6.61 Å². The minimum Gasteiger partial charge on any atom is -0.550 e. The van der Waals surface area contributed by atoms with Crippen LogP contribution in [0.5, 0.6) is 0 Å². The Morgan fingerprint density at radius 1 is 1.24 bits per heavy atom. The Bertz CT molecular complexity index is 275. The van der Waals surface area contributed by atoms with E-state index in [9.17, 15) is 27.9 Å². The Morgan fingerprint density at radius 2 is 1.76 bits per heavy atom. The van der Waals surface area contributed by atoms with Crippen LogP contribution >= 0.6 is 0 Å². The second-order valence-electron chi connectivity index (χ2n) is 3.86. The van der Waals surface area contributed by atoms with Crippen molar-refractivity contribution in [3.8, 4) is 0 Å². The van der Waals surface area contributed by atoms with Crippen molar-refractivity contribution in [2.24, 2.45) is 11.8 Å². The lowest BCUT2D eigenvalue weighted by molar-refractivity contribution is -0.305. The number of aliphatic carboxylic acids is 1. The zero-order valence-electron chi connectivity index (χ0n) is 9.54. The highest BCUT2D eigenvalue weighted by Crippen LogP contribution is 2.31. The van der Waals surface area contributed by atoms with E-state index < -0.39 is 42.8 Å². The molecule has 0 amide bonds. The van der Waals surface area contributed by atoms with E-state index in [1.54, 1.807) is 0 Å². The van der Waals surface area contributed by atoms with Crippen molar-refractivity contribution in [3.05, 3.63) is 0 Å². The van der Waals surface area contributed by atoms with Gasteiger partial charge in [-0.05, 0) is 6.42 Å². The third-order valence-corrected chi connectivity index (χ3v) is 2.41. The summed E-state index contributed by atoms with van der Waals surface area (Å²) in [5.41, 5.74) is 0. The maximum atomic E-state index is 12.3. The Kier molecular flexibility index (Phi) is 5.98. The fourth-order valence-electron chi connectivity index (χ4n) is 0.968. The number of ether oxygens (including phenoxy) is 1. The van der Waals surface area contributed by atoms with Crippen LogP contribution in [0, 0.1) is 11.8 Å². The van der Waals surface area contributed by atoms with E-state index in [0.717, 1.165) is 6.92 Å². The SMILES string of the molecule is CC(COC(=O)CCC(=O)[O-])C(C)C(F)(F)F. The van der Waals surface area contributed by atoms with Crippen LogP contribution in [0.15, 0.2) is 0 Å². The van der Waals surface area contributed by atoms with Gasteiger partial charge in [0, 0.05) is 11.9 Å². The van der Waals surface area contributed by atoms with Crippen molar-refractivity contribution < 1.29 is 32.6 Å². The molecule has 0 N–H and O–H groups in total. The number of halogens is 3. The fraction of sp³-hybridized carbons (Fsp3) is 0.800. The maximum absolute atomic E-state index is 12.3. The number of carboxylic acid groups (broad SMARTS) is 1. The molecule has 2 atom stereocenters. The van der Waals surface area contributed by atoms with Crippen molar-refractivity contribution in [2.75, 3.05) is 6.61 Å². The molecule has 0 saturated carbocycles. The number of carbonyl (C=O) groups is 2. The monoisotopic (exact) mass is 255 g/mol. The molecule has 0 aliphatic heterocycles. The van der Waals surface area contributed by atoms with E-state index in [1.807, 2.05) is 0 Å². The van der Waals surface area contributed by atoms with E-state index >= 15 is 0 Å². The second kappa shape index (κ2) is 6.46. The molecule has 0 heterocycles. The normalized spacial score (nSPS) is 15.1. The van der Waals surface area contributed by atoms with Crippen LogP contribution in [0.4, 0.5) is 13.2 Å². The molecule has 7 heteroatoms. The van der Waals surface area contributed by atoms with E-state index in [4.69, 9.17) is 0 Å². The lowest BCUT2D eigenvalue weighted by Crippen LogP contribution is -2.29. The minimum absolute atomic E-state index is 0.382. The predicted octanol–water partition coefficient (Wildman–Crippen LogP) is 0.894. The smallest absolute Gasteiger partial charge is 0.391 e. The van der Waals surface area contributed by atoms with Gasteiger partial charge in [-0.2, -0.15) is 13.2 Å². The Morgan fingerprint density at radius 3 is 2.18 bits per heavy atom. The lowest BCUT2D eigenvalue weighted by Gasteiger charge is -2.22. The first-order chi connectivity index (χ1) is 7.64. The molecule has 0 bridgehead atoms. The van der Waals surface area contributed by atoms with Gasteiger partial charge in [-0.1, -0.05) is 13.8 Å². The average molecular weight is 255 g/mol. The molecule has 4 nitrogen and oxygen atoms in total. The molecule has 0 aromatic heterocycles. The van der Waals surface area contributed by atoms with Gasteiger partial charge in [-0.3, -0.25) is 4.79 Å². The molecule has 0 aromatic rings. The summed E-state index contributed by atoms with van der Waals surface area (Å²) < 4.78 is 41.3. The van der Waals surface area contributed by atoms with E-state index in [0.29, 0.717) is 0 Å². The van der Waals surface area contributed by atoms with Gasteiger partial charge >= 0.3 is 12.1 Å². The molecule has 0 aromatic carbocycles. The number of hydrogen-bond donors (Lipinski definition) is 0. The molecule has 0 fully saturated rings. The highest BCUT2D eigenvalue weighted by atomic mass is 19.4. The summed E-state index contributed by atoms with van der Waals surface area (Å²) in [6.45, 7) is 1.93. The highest BCUT2D eigenvalue weighted by molar-refractivity contribution is 5.75. The summed E-state index contributed by atoms with van der Waals surface area (Å²) in [5.74, 6) is -4.70. The van der Waals surface area contributed by atoms with Crippen LogP contribution in [0.25, 0.3) is 0 Å². The van der Waals surface area contributed by atoms with Crippen LogP contribution in [-0.2, 0) is 14.3 Å². The summed E-state index contributed by atoms with van der Waals surface area (Å²) in [5, 5.41) is 10.0. The first-order valence-corrected chi connectivity index (χ1v) is 5.06. The van der Waals surface area contributed by atoms with Gasteiger partial charge in [0.05, 0.1) is 18.9 Å². The van der Waals surface area contributed by atoms with Gasteiger partial charge in [0.25, 0.3) is 0 Å². The lowest BCUT2D eigenvalue weighted by atomic mass is 9.96. The van der Waals surface area contributed by atoms with Gasteiger partial charge in [-0.25, -0.2) is 0 Å². The number of carboxylic acids is 1. The van der Waals surface area contributed by atoms with Crippen LogP contribution in [0.2, 0.25) is 0 Å². The first-order valence-electron chi connectivity index (χ1n) is 5.06. The molecule has 0 rings (SSSR count). The summed E-state index contributed by atoms with van der Waals surface area (Å²) in [6.07, 6.45) is -5.23. The van der Waals surface area contributed by atoms with Gasteiger partial charge in [0.2, 0.25) is 0 Å². The Labute approximate surface area is 96.8 Å². The van der Waals surface area contributed by atoms with E-state index in [2.05, 4.69) is 4.74 Å². The van der Waals surface area contributed by atoms with Crippen molar-refractivity contribution in [3.63, 3.8) is 0 Å². The minimum atomic E-state index is -4.34. The summed E-state index contributed by atoms with van der Waals surface area (Å²) in [7, 11) is 0. The molecular formula is C10H14F3O4-. The van der Waals surface area contributed by atoms with Gasteiger partial charge in [-0.15, -0.1) is 0 Å². The largest absolute Gasteiger partial charge is 0.550 e. The maximum Gasteiger partial charge on any atom is 0.391 e. The average Bonchev–Trinajstić information content (AvgIpc) is 2.20. The highest BCUT2D eigenvalue weighted by Gasteiger charge is 2.39. The standard InChI is InChI=1S/C10H15F3O4/c1-6(7(2)10(11,12)13)5-17-9(16)4-3-8(14)15/h6-7H,3-5H2,1-2H3,(H,14,15)/p-1. The molecule has 0 aliphatic rings. The van der Waals surface area contributed by atoms with Crippen LogP contribution in [-0.4, -0.2) is 24.7 Å². The zero-order valence-corrected chi connectivity index (χ0v) is 9.54. The van der Waals surface area contributed by atoms with Crippen molar-refractivity contribution >= 4 is 11.9 Å². The van der Waals surface area contributed by atoms with Gasteiger partial charge in [0.15, 0.2) is 0 Å². The fourth-order valence-corrected chi connectivity index (χ4v) is 0.968. The van der Waals surface area contributed by atoms with Crippen LogP contribution in [0.1, 0.15) is 26.7 Å². The van der Waals surface area contributed by atoms with Crippen molar-refractivity contribution in [2.45, 2.75) is 32.9 Å². The quantitative estimate of drug-likeness (QED) is 0.661. The summed E-state index contributed by atoms with van der Waals surface area (Å²) in [4.78, 5) is 20.9. The summed E-state index contributed by atoms with van der Waals surface area (Å²) >= 11 is 0. The number of esters is 1. The predicted molar refractivity (Wildman–Crippen MR) is 49.6 cm³/mol. The Balaban J connectivity index is 3.95. The molecule has 100 valence electrons. The second-order valence-corrected chi connectivity index (χ2v) is 3.86. The van der Waals surface area contributed by atoms with Crippen LogP contribution in [0.3, 0.4) is 0 Å². The molecule has 0 spiro atoms. The van der Waals surface area contributed by atoms with Crippen LogP contribution < -0.4 is 5.11 Å². The van der Waals surface area contributed by atoms with Crippen molar-refractivity contribution in [1.82, 2.24) is 0 Å². The molecular weight excluding hydrogens is 241 g/mol. The number of carbonyl (C=O) groups excluding carboxylic acids is 2. The number of rotatable bonds is 6. The molecule has 0 radical (unpaired) electrons. The zero-order chi connectivity index (χ0) is 13.6. The van der Waals surface area contributed by atoms with E-state index in [1.165, 1.54) is 6.92 Å². The third kappa shape index (κ3) is 6.80. The Hall–Kier alpha value is -1.27. The van der Waals surface area contributed by atoms with Gasteiger partial charge in [0.1, 0.15) is 0 Å². The number of hydrogen-bond acceptors (Lipinski definition) is 4. The molecule has 0 saturated heterocycles. The topological polar surface area (TPSA) is 66.4 Å². The van der Waals surface area contributed by atoms with Crippen molar-refractivity contribution in [1.29, 1.82) is 0 Å². The first kappa shape index (κ1) is 15.7. The number of alkyl halides is 3. The molecule has 0 aliphatic carbocycles.